The number of nitrogens with one attached hydrogen (secondary N) is 7. The molecule has 4 amide bonds. The zero-order valence-electron chi connectivity index (χ0n) is 52.9. The van der Waals surface area contributed by atoms with E-state index in [0.29, 0.717) is 28.2 Å². The maximum absolute atomic E-state index is 13.1. The van der Waals surface area contributed by atoms with E-state index in [0.717, 1.165) is 81.6 Å². The summed E-state index contributed by atoms with van der Waals surface area (Å²) in [6, 6.07) is 52.7. The molecule has 0 radical (unpaired) electrons. The van der Waals surface area contributed by atoms with Crippen LogP contribution in [0.5, 0.6) is 0 Å². The van der Waals surface area contributed by atoms with Crippen molar-refractivity contribution in [2.45, 2.75) is 34.1 Å². The van der Waals surface area contributed by atoms with Crippen LogP contribution in [0.1, 0.15) is 70.6 Å². The number of carbonyl (C=O) groups is 4. The summed E-state index contributed by atoms with van der Waals surface area (Å²) in [4.78, 5) is 72.6. The maximum atomic E-state index is 13.1. The highest BCUT2D eigenvalue weighted by Gasteiger charge is 2.23. The molecule has 0 aliphatic heterocycles. The van der Waals surface area contributed by atoms with Gasteiger partial charge in [0.25, 0.3) is 35.0 Å². The fourth-order valence-corrected chi connectivity index (χ4v) is 12.5. The van der Waals surface area contributed by atoms with Gasteiger partial charge in [0.15, 0.2) is 0 Å². The Kier molecular flexibility index (Phi) is 32.1. The number of amides is 4. The third-order valence-corrected chi connectivity index (χ3v) is 17.9. The van der Waals surface area contributed by atoms with E-state index in [1.54, 1.807) is 19.2 Å². The van der Waals surface area contributed by atoms with Crippen molar-refractivity contribution >= 4 is 215 Å². The molecule has 0 aromatic heterocycles. The van der Waals surface area contributed by atoms with Gasteiger partial charge in [-0.25, -0.2) is 0 Å². The van der Waals surface area contributed by atoms with Gasteiger partial charge in [-0.15, -0.1) is 0 Å². The first-order valence-electron chi connectivity index (χ1n) is 29.7. The standard InChI is InChI=1S/C21H18IN3O3.C17H18IN3O4.C16H16BrIN2O2.C16H16I2N2O2/c1-14-12-15(22)8-10-19(14)23-20-11-9-17(25(27)28)13-18(20)21(26)24(2)16-6-4-3-5-7-16;1-2-11-9-12(18)3-5-15(11)20-16-6-4-13(21(24)25)10-14(16)17(23)19-7-8-22;1-10-8-12(18)3-5-14(10)20-15-4-2-11(17)9-13(15)16(22)19-6-7-21;1-10-8-11(17)2-4-14(10)20-15-5-3-12(18)9-13(15)16(22)19-6-7-21/h3-13,23H,1-2H3;3-6,9-10,20,22H,2,7-8H2,1H3,(H,19,23);2*2-5,8-9,20-21H,6-7H2,1H3,(H,19,22). The number of nitro benzene ring substituents is 2. The topological polar surface area (TPSA) is 303 Å². The summed E-state index contributed by atoms with van der Waals surface area (Å²) in [7, 11) is 1.65. The second-order valence-electron chi connectivity index (χ2n) is 21.0. The van der Waals surface area contributed by atoms with Crippen LogP contribution in [-0.4, -0.2) is 95.3 Å². The van der Waals surface area contributed by atoms with Crippen LogP contribution in [0.25, 0.3) is 0 Å². The second kappa shape index (κ2) is 39.5. The van der Waals surface area contributed by atoms with Crippen LogP contribution in [0.15, 0.2) is 180 Å². The zero-order chi connectivity index (χ0) is 70.9. The van der Waals surface area contributed by atoms with Crippen LogP contribution in [-0.2, 0) is 6.42 Å². The van der Waals surface area contributed by atoms with Crippen molar-refractivity contribution in [1.29, 1.82) is 0 Å². The molecule has 506 valence electrons. The molecule has 21 nitrogen and oxygen atoms in total. The van der Waals surface area contributed by atoms with Gasteiger partial charge in [-0.1, -0.05) is 41.1 Å². The van der Waals surface area contributed by atoms with Crippen molar-refractivity contribution in [2.24, 2.45) is 0 Å². The van der Waals surface area contributed by atoms with Crippen LogP contribution in [0.4, 0.5) is 62.6 Å². The average molecular weight is 1940 g/mol. The van der Waals surface area contributed by atoms with E-state index in [2.05, 4.69) is 178 Å². The highest BCUT2D eigenvalue weighted by atomic mass is 127. The van der Waals surface area contributed by atoms with Crippen molar-refractivity contribution in [2.75, 3.05) is 72.7 Å². The minimum Gasteiger partial charge on any atom is -0.395 e. The normalized spacial score (nSPS) is 10.4. The number of aliphatic hydroxyl groups excluding tert-OH is 3. The lowest BCUT2D eigenvalue weighted by atomic mass is 10.1. The number of hydrogen-bond acceptors (Lipinski definition) is 15. The Balaban J connectivity index is 0.000000205. The number of halogens is 6. The summed E-state index contributed by atoms with van der Waals surface area (Å²) in [6.07, 6.45) is 0.804. The number of para-hydroxylation sites is 1. The highest BCUT2D eigenvalue weighted by Crippen LogP contribution is 2.33. The van der Waals surface area contributed by atoms with E-state index in [1.165, 1.54) is 38.8 Å². The number of rotatable bonds is 22. The smallest absolute Gasteiger partial charge is 0.270 e. The molecule has 10 N–H and O–H groups in total. The van der Waals surface area contributed by atoms with Gasteiger partial charge in [-0.3, -0.25) is 39.4 Å². The Bertz CT molecular complexity index is 4170. The van der Waals surface area contributed by atoms with Gasteiger partial charge in [0.1, 0.15) is 0 Å². The summed E-state index contributed by atoms with van der Waals surface area (Å²) in [5.41, 5.74) is 12.3. The summed E-state index contributed by atoms with van der Waals surface area (Å²) in [6.45, 7) is 8.23. The van der Waals surface area contributed by atoms with Crippen molar-refractivity contribution in [1.82, 2.24) is 16.0 Å². The highest BCUT2D eigenvalue weighted by molar-refractivity contribution is 14.1. The Morgan fingerprint density at radius 2 is 0.763 bits per heavy atom. The number of anilines is 9. The van der Waals surface area contributed by atoms with Gasteiger partial charge in [0, 0.05) is 102 Å². The Labute approximate surface area is 638 Å². The van der Waals surface area contributed by atoms with E-state index in [9.17, 15) is 39.4 Å². The number of carbonyl (C=O) groups excluding carboxylic acids is 4. The van der Waals surface area contributed by atoms with Crippen molar-refractivity contribution in [3.63, 3.8) is 0 Å². The van der Waals surface area contributed by atoms with E-state index >= 15 is 0 Å². The number of aliphatic hydroxyl groups is 3. The van der Waals surface area contributed by atoms with Gasteiger partial charge in [0.2, 0.25) is 0 Å². The minimum atomic E-state index is -0.547. The van der Waals surface area contributed by atoms with Gasteiger partial charge in [0.05, 0.1) is 74.7 Å². The quantitative estimate of drug-likeness (QED) is 0.0171. The molecule has 9 rings (SSSR count). The molecule has 0 aliphatic rings. The molecule has 0 saturated heterocycles. The molecule has 97 heavy (non-hydrogen) atoms. The maximum Gasteiger partial charge on any atom is 0.270 e. The molecular formula is C70H68BrI5N10O11. The first-order chi connectivity index (χ1) is 46.3. The molecule has 0 unspecified atom stereocenters. The molecule has 0 saturated carbocycles. The van der Waals surface area contributed by atoms with Crippen molar-refractivity contribution in [3.05, 3.63) is 263 Å². The largest absolute Gasteiger partial charge is 0.395 e. The van der Waals surface area contributed by atoms with Gasteiger partial charge >= 0.3 is 0 Å². The first kappa shape index (κ1) is 78.9. The molecule has 9 aromatic rings. The fourth-order valence-electron chi connectivity index (χ4n) is 9.10. The summed E-state index contributed by atoms with van der Waals surface area (Å²) in [5, 5.41) is 69.8. The predicted octanol–water partition coefficient (Wildman–Crippen LogP) is 16.3. The van der Waals surface area contributed by atoms with Crippen LogP contribution in [0.2, 0.25) is 0 Å². The monoisotopic (exact) mass is 1940 g/mol. The second-order valence-corrected chi connectivity index (χ2v) is 28.2. The number of hydrogen-bond donors (Lipinski definition) is 10. The van der Waals surface area contributed by atoms with E-state index < -0.39 is 15.8 Å². The SMILES string of the molecule is CCc1cc(I)ccc1Nc1ccc([N+](=O)[O-])cc1C(=O)NCCO.Cc1cc(I)ccc1Nc1ccc(Br)cc1C(=O)NCCO.Cc1cc(I)ccc1Nc1ccc(I)cc1C(=O)NCCO.Cc1cc(I)ccc1Nc1ccc([N+](=O)[O-])cc1C(=O)N(C)c1ccccc1. The summed E-state index contributed by atoms with van der Waals surface area (Å²) in [5.74, 6) is -1.23. The van der Waals surface area contributed by atoms with Gasteiger partial charge < -0.3 is 57.4 Å². The van der Waals surface area contributed by atoms with E-state index in [-0.39, 0.29) is 79.7 Å². The fraction of sp³-hybridized carbons (Fsp3) is 0.171. The van der Waals surface area contributed by atoms with Crippen LogP contribution in [0, 0.1) is 58.9 Å². The molecular weight excluding hydrogens is 1870 g/mol. The van der Waals surface area contributed by atoms with Crippen LogP contribution in [0.3, 0.4) is 0 Å². The summed E-state index contributed by atoms with van der Waals surface area (Å²) >= 11 is 14.6. The molecule has 0 heterocycles. The molecule has 0 bridgehead atoms. The van der Waals surface area contributed by atoms with Crippen LogP contribution < -0.4 is 42.1 Å². The van der Waals surface area contributed by atoms with Gasteiger partial charge in [-0.2, -0.15) is 0 Å². The van der Waals surface area contributed by atoms with Crippen molar-refractivity contribution in [3.8, 4) is 0 Å². The molecule has 27 heteroatoms. The lowest BCUT2D eigenvalue weighted by Gasteiger charge is -2.20. The van der Waals surface area contributed by atoms with Crippen LogP contribution >= 0.6 is 129 Å². The average Bonchev–Trinajstić information content (AvgIpc) is 0.870. The number of nitrogens with zero attached hydrogens (tertiary/aromatic N) is 3. The number of benzene rings is 9. The summed E-state index contributed by atoms with van der Waals surface area (Å²) < 4.78 is 6.35. The zero-order valence-corrected chi connectivity index (χ0v) is 65.3. The minimum absolute atomic E-state index is 0.0741. The third-order valence-electron chi connectivity index (χ3n) is 14.1. The molecule has 9 aromatic carbocycles. The third kappa shape index (κ3) is 24.1. The Hall–Kier alpha value is -7.13. The van der Waals surface area contributed by atoms with Crippen molar-refractivity contribution < 1.29 is 44.3 Å². The predicted molar refractivity (Wildman–Crippen MR) is 430 cm³/mol. The van der Waals surface area contributed by atoms with E-state index in [1.807, 2.05) is 149 Å². The number of nitro groups is 2. The first-order valence-corrected chi connectivity index (χ1v) is 35.8. The van der Waals surface area contributed by atoms with E-state index in [4.69, 9.17) is 15.3 Å². The molecule has 0 atom stereocenters. The molecule has 0 aliphatic carbocycles. The lowest BCUT2D eigenvalue weighted by Crippen LogP contribution is -2.27. The Morgan fingerprint density at radius 3 is 1.16 bits per heavy atom. The Morgan fingerprint density at radius 1 is 0.433 bits per heavy atom. The number of aryl methyl sites for hydroxylation is 4. The molecule has 0 spiro atoms. The number of non-ortho nitro benzene ring substituents is 2. The molecule has 0 fully saturated rings. The lowest BCUT2D eigenvalue weighted by molar-refractivity contribution is -0.385. The van der Waals surface area contributed by atoms with Gasteiger partial charge in [-0.05, 0) is 296 Å².